The molecule has 4 rings (SSSR count). The molecular formula is C29H24BrNOS2. The highest BCUT2D eigenvalue weighted by Crippen LogP contribution is 2.40. The zero-order valence-electron chi connectivity index (χ0n) is 18.7. The maximum Gasteiger partial charge on any atom is 0.259 e. The molecule has 0 aliphatic carbocycles. The summed E-state index contributed by atoms with van der Waals surface area (Å²) >= 11 is 6.89. The van der Waals surface area contributed by atoms with Crippen LogP contribution in [-0.4, -0.2) is 10.8 Å². The molecule has 0 aromatic heterocycles. The summed E-state index contributed by atoms with van der Waals surface area (Å²) in [6.45, 7) is 2.07. The third-order valence-corrected chi connectivity index (χ3v) is 8.03. The van der Waals surface area contributed by atoms with Crippen molar-refractivity contribution >= 4 is 45.4 Å². The molecule has 0 radical (unpaired) electrons. The molecule has 170 valence electrons. The first-order chi connectivity index (χ1) is 16.6. The lowest BCUT2D eigenvalue weighted by Crippen LogP contribution is -2.29. The van der Waals surface area contributed by atoms with Crippen molar-refractivity contribution in [2.75, 3.05) is 0 Å². The Bertz CT molecular complexity index is 1200. The maximum atomic E-state index is 13.9. The van der Waals surface area contributed by atoms with Gasteiger partial charge < -0.3 is 4.90 Å². The van der Waals surface area contributed by atoms with Gasteiger partial charge in [-0.25, -0.2) is 0 Å². The summed E-state index contributed by atoms with van der Waals surface area (Å²) in [5, 5.41) is 0. The van der Waals surface area contributed by atoms with Crippen LogP contribution >= 0.6 is 39.5 Å². The van der Waals surface area contributed by atoms with E-state index in [4.69, 9.17) is 0 Å². The van der Waals surface area contributed by atoms with Crippen molar-refractivity contribution < 1.29 is 4.79 Å². The van der Waals surface area contributed by atoms with Gasteiger partial charge in [-0.2, -0.15) is 0 Å². The normalized spacial score (nSPS) is 11.5. The van der Waals surface area contributed by atoms with Crippen LogP contribution in [0.4, 0.5) is 0 Å². The third kappa shape index (κ3) is 6.44. The van der Waals surface area contributed by atoms with Gasteiger partial charge in [0, 0.05) is 20.5 Å². The number of benzene rings is 4. The Kier molecular flexibility index (Phi) is 8.69. The summed E-state index contributed by atoms with van der Waals surface area (Å²) in [5.74, 6) is -0.0522. The Hall–Kier alpha value is -2.73. The standard InChI is InChI=1S/C29H24BrNOS2/c1-22(23-13-5-2-6-14-23)31(29(32)26-19-11-12-20-27(26)30)21-28(33-24-15-7-3-8-16-24)34-25-17-9-4-10-18-25/h2-22H,1H3/t22-/m0/s1. The highest BCUT2D eigenvalue weighted by molar-refractivity contribution is 9.10. The van der Waals surface area contributed by atoms with Gasteiger partial charge in [-0.05, 0) is 64.8 Å². The van der Waals surface area contributed by atoms with Crippen molar-refractivity contribution in [3.8, 4) is 0 Å². The van der Waals surface area contributed by atoms with Gasteiger partial charge in [-0.1, -0.05) is 102 Å². The predicted octanol–water partition coefficient (Wildman–Crippen LogP) is 9.04. The van der Waals surface area contributed by atoms with E-state index in [1.165, 1.54) is 0 Å². The van der Waals surface area contributed by atoms with Crippen LogP contribution in [0.1, 0.15) is 28.9 Å². The summed E-state index contributed by atoms with van der Waals surface area (Å²) in [6, 6.07) is 38.1. The molecule has 0 N–H and O–H groups in total. The molecule has 0 saturated carbocycles. The molecule has 0 aliphatic rings. The highest BCUT2D eigenvalue weighted by atomic mass is 79.9. The monoisotopic (exact) mass is 545 g/mol. The Morgan fingerprint density at radius 2 is 1.21 bits per heavy atom. The largest absolute Gasteiger partial charge is 0.306 e. The Labute approximate surface area is 218 Å². The van der Waals surface area contributed by atoms with E-state index in [9.17, 15) is 4.79 Å². The van der Waals surface area contributed by atoms with E-state index in [0.29, 0.717) is 5.56 Å². The van der Waals surface area contributed by atoms with E-state index >= 15 is 0 Å². The Balaban J connectivity index is 1.77. The number of carbonyl (C=O) groups is 1. The van der Waals surface area contributed by atoms with Gasteiger partial charge in [0.25, 0.3) is 5.91 Å². The van der Waals surface area contributed by atoms with E-state index in [1.54, 1.807) is 23.5 Å². The fraction of sp³-hybridized carbons (Fsp3) is 0.0690. The molecule has 0 saturated heterocycles. The minimum atomic E-state index is -0.149. The number of rotatable bonds is 8. The van der Waals surface area contributed by atoms with Crippen LogP contribution < -0.4 is 0 Å². The molecule has 4 aromatic rings. The summed E-state index contributed by atoms with van der Waals surface area (Å²) in [6.07, 6.45) is 1.99. The smallest absolute Gasteiger partial charge is 0.259 e. The first-order valence-corrected chi connectivity index (χ1v) is 13.3. The molecule has 0 aliphatic heterocycles. The van der Waals surface area contributed by atoms with Crippen molar-refractivity contribution in [1.82, 2.24) is 4.90 Å². The molecular weight excluding hydrogens is 522 g/mol. The second-order valence-corrected chi connectivity index (χ2v) is 10.9. The molecule has 0 heterocycles. The van der Waals surface area contributed by atoms with E-state index < -0.39 is 0 Å². The van der Waals surface area contributed by atoms with Crippen molar-refractivity contribution in [3.05, 3.63) is 141 Å². The predicted molar refractivity (Wildman–Crippen MR) is 148 cm³/mol. The van der Waals surface area contributed by atoms with Crippen LogP contribution in [-0.2, 0) is 0 Å². The fourth-order valence-corrected chi connectivity index (χ4v) is 5.99. The van der Waals surface area contributed by atoms with E-state index in [1.807, 2.05) is 90.0 Å². The maximum absolute atomic E-state index is 13.9. The number of hydrogen-bond acceptors (Lipinski definition) is 3. The van der Waals surface area contributed by atoms with Crippen LogP contribution in [0.25, 0.3) is 0 Å². The van der Waals surface area contributed by atoms with E-state index in [0.717, 1.165) is 24.1 Å². The summed E-state index contributed by atoms with van der Waals surface area (Å²) in [5.41, 5.74) is 1.71. The number of halogens is 1. The number of nitrogens with zero attached hydrogens (tertiary/aromatic N) is 1. The van der Waals surface area contributed by atoms with Crippen molar-refractivity contribution in [2.24, 2.45) is 0 Å². The zero-order valence-corrected chi connectivity index (χ0v) is 21.9. The summed E-state index contributed by atoms with van der Waals surface area (Å²) in [4.78, 5) is 17.9. The number of thioether (sulfide) groups is 2. The van der Waals surface area contributed by atoms with E-state index in [-0.39, 0.29) is 11.9 Å². The van der Waals surface area contributed by atoms with Crippen LogP contribution in [0, 0.1) is 0 Å². The molecule has 0 fully saturated rings. The van der Waals surface area contributed by atoms with Crippen molar-refractivity contribution in [1.29, 1.82) is 0 Å². The quantitative estimate of drug-likeness (QED) is 0.206. The van der Waals surface area contributed by atoms with Crippen molar-refractivity contribution in [3.63, 3.8) is 0 Å². The lowest BCUT2D eigenvalue weighted by atomic mass is 10.1. The molecule has 2 nitrogen and oxygen atoms in total. The first-order valence-electron chi connectivity index (χ1n) is 10.9. The molecule has 0 bridgehead atoms. The van der Waals surface area contributed by atoms with Gasteiger partial charge in [0.15, 0.2) is 0 Å². The molecule has 1 atom stereocenters. The molecule has 0 spiro atoms. The van der Waals surface area contributed by atoms with E-state index in [2.05, 4.69) is 59.3 Å². The topological polar surface area (TPSA) is 20.3 Å². The lowest BCUT2D eigenvalue weighted by molar-refractivity contribution is 0.0777. The van der Waals surface area contributed by atoms with Gasteiger partial charge in [-0.3, -0.25) is 4.79 Å². The van der Waals surface area contributed by atoms with Gasteiger partial charge in [0.2, 0.25) is 0 Å². The van der Waals surface area contributed by atoms with Gasteiger partial charge in [0.1, 0.15) is 0 Å². The fourth-order valence-electron chi connectivity index (χ4n) is 3.41. The van der Waals surface area contributed by atoms with Crippen molar-refractivity contribution in [2.45, 2.75) is 22.8 Å². The molecule has 1 amide bonds. The Morgan fingerprint density at radius 3 is 1.74 bits per heavy atom. The van der Waals surface area contributed by atoms with Crippen LogP contribution in [0.2, 0.25) is 0 Å². The lowest BCUT2D eigenvalue weighted by Gasteiger charge is -2.28. The highest BCUT2D eigenvalue weighted by Gasteiger charge is 2.24. The second kappa shape index (κ2) is 12.1. The molecule has 34 heavy (non-hydrogen) atoms. The third-order valence-electron chi connectivity index (χ3n) is 5.21. The number of carbonyl (C=O) groups excluding carboxylic acids is 1. The number of hydrogen-bond donors (Lipinski definition) is 0. The minimum absolute atomic E-state index is 0.0522. The van der Waals surface area contributed by atoms with Gasteiger partial charge in [0.05, 0.1) is 15.8 Å². The first kappa shape index (κ1) is 24.4. The van der Waals surface area contributed by atoms with Gasteiger partial charge >= 0.3 is 0 Å². The Morgan fingerprint density at radius 1 is 0.735 bits per heavy atom. The molecule has 5 heteroatoms. The molecule has 4 aromatic carbocycles. The second-order valence-electron chi connectivity index (χ2n) is 7.56. The zero-order chi connectivity index (χ0) is 23.8. The average molecular weight is 547 g/mol. The average Bonchev–Trinajstić information content (AvgIpc) is 2.88. The van der Waals surface area contributed by atoms with Gasteiger partial charge in [-0.15, -0.1) is 0 Å². The number of amides is 1. The SMILES string of the molecule is C[C@@H](c1ccccc1)N(C=C(Sc1ccccc1)Sc1ccccc1)C(=O)c1ccccc1Br. The van der Waals surface area contributed by atoms with Crippen LogP contribution in [0.5, 0.6) is 0 Å². The molecule has 0 unspecified atom stereocenters. The minimum Gasteiger partial charge on any atom is -0.306 e. The van der Waals surface area contributed by atoms with Crippen LogP contribution in [0.3, 0.4) is 0 Å². The summed E-state index contributed by atoms with van der Waals surface area (Å²) < 4.78 is 1.80. The van der Waals surface area contributed by atoms with Crippen LogP contribution in [0.15, 0.2) is 140 Å². The summed E-state index contributed by atoms with van der Waals surface area (Å²) in [7, 11) is 0.